The molecular weight excluding hydrogens is 320 g/mol. The normalized spacial score (nSPS) is 25.3. The Morgan fingerprint density at radius 1 is 1.00 bits per heavy atom. The van der Waals surface area contributed by atoms with Crippen LogP contribution in [0.5, 0.6) is 0 Å². The summed E-state index contributed by atoms with van der Waals surface area (Å²) in [5.74, 6) is 0. The summed E-state index contributed by atoms with van der Waals surface area (Å²) in [6.45, 7) is 6.85. The van der Waals surface area contributed by atoms with E-state index >= 15 is 0 Å². The van der Waals surface area contributed by atoms with Gasteiger partial charge in [0.1, 0.15) is 12.2 Å². The molecule has 2 nitrogen and oxygen atoms in total. The Balaban J connectivity index is 2.16. The zero-order valence-corrected chi connectivity index (χ0v) is 15.5. The molecule has 1 fully saturated rings. The zero-order valence-electron chi connectivity index (χ0n) is 13.7. The minimum atomic E-state index is -1.68. The molecule has 0 radical (unpaired) electrons. The third-order valence-corrected chi connectivity index (χ3v) is 7.24. The highest BCUT2D eigenvalue weighted by molar-refractivity contribution is 7.14. The van der Waals surface area contributed by atoms with Gasteiger partial charge in [-0.15, -0.1) is 11.3 Å². The molecule has 2 aromatic rings. The fourth-order valence-corrected chi connectivity index (χ4v) is 6.78. The van der Waals surface area contributed by atoms with E-state index in [-0.39, 0.29) is 0 Å². The minimum Gasteiger partial charge on any atom is -0.385 e. The Morgan fingerprint density at radius 3 is 2.26 bits per heavy atom. The molecule has 1 saturated carbocycles. The summed E-state index contributed by atoms with van der Waals surface area (Å²) >= 11 is 1.70. The lowest BCUT2D eigenvalue weighted by Gasteiger charge is -2.40. The molecule has 1 aliphatic rings. The predicted octanol–water partition coefficient (Wildman–Crippen LogP) is 4.20. The molecule has 1 aromatic carbocycles. The van der Waals surface area contributed by atoms with Gasteiger partial charge in [0, 0.05) is 4.88 Å². The van der Waals surface area contributed by atoms with Gasteiger partial charge in [-0.05, 0) is 39.4 Å². The molecule has 0 bridgehead atoms. The number of thiophene rings is 1. The lowest BCUT2D eigenvalue weighted by molar-refractivity contribution is 0.0365. The molecule has 0 unspecified atom stereocenters. The van der Waals surface area contributed by atoms with E-state index in [0.29, 0.717) is 0 Å². The van der Waals surface area contributed by atoms with Gasteiger partial charge >= 0.3 is 0 Å². The van der Waals surface area contributed by atoms with Crippen LogP contribution in [0.2, 0.25) is 19.6 Å². The average molecular weight is 343 g/mol. The Kier molecular flexibility index (Phi) is 4.42. The van der Waals surface area contributed by atoms with Crippen molar-refractivity contribution >= 4 is 30.7 Å². The molecule has 120 valence electrons. The van der Waals surface area contributed by atoms with E-state index in [4.69, 9.17) is 0 Å². The average Bonchev–Trinajstić information content (AvgIpc) is 3.03. The smallest absolute Gasteiger partial charge is 0.109 e. The monoisotopic (exact) mass is 342 g/mol. The first-order valence-corrected chi connectivity index (χ1v) is 12.2. The molecular formula is C19H22O2SSi. The summed E-state index contributed by atoms with van der Waals surface area (Å²) in [6.07, 6.45) is 0.422. The molecule has 2 N–H and O–H groups in total. The van der Waals surface area contributed by atoms with Crippen LogP contribution >= 0.6 is 11.3 Å². The van der Waals surface area contributed by atoms with Gasteiger partial charge in [0.25, 0.3) is 0 Å². The van der Waals surface area contributed by atoms with E-state index in [2.05, 4.69) is 31.1 Å². The highest BCUT2D eigenvalue weighted by Gasteiger charge is 2.43. The highest BCUT2D eigenvalue weighted by atomic mass is 32.1. The van der Waals surface area contributed by atoms with E-state index < -0.39 is 20.3 Å². The SMILES string of the molecule is C[Si](C)(C)/C(=C1/C(=C/c2ccccc2)[C@@H](O)[C@H]1O)c1cccs1. The van der Waals surface area contributed by atoms with Crippen LogP contribution in [-0.4, -0.2) is 30.5 Å². The van der Waals surface area contributed by atoms with E-state index in [1.54, 1.807) is 11.3 Å². The van der Waals surface area contributed by atoms with Gasteiger partial charge in [0.2, 0.25) is 0 Å². The zero-order chi connectivity index (χ0) is 16.6. The lowest BCUT2D eigenvalue weighted by Crippen LogP contribution is -2.45. The van der Waals surface area contributed by atoms with Crippen molar-refractivity contribution < 1.29 is 10.2 Å². The van der Waals surface area contributed by atoms with E-state index in [9.17, 15) is 10.2 Å². The molecule has 4 heteroatoms. The molecule has 1 heterocycles. The second kappa shape index (κ2) is 6.21. The number of aliphatic hydroxyl groups is 2. The van der Waals surface area contributed by atoms with Crippen molar-refractivity contribution in [3.05, 3.63) is 69.4 Å². The first-order chi connectivity index (χ1) is 10.9. The summed E-state index contributed by atoms with van der Waals surface area (Å²) < 4.78 is 0. The molecule has 3 rings (SSSR count). The van der Waals surface area contributed by atoms with Gasteiger partial charge in [-0.1, -0.05) is 56.0 Å². The number of hydrogen-bond acceptors (Lipinski definition) is 3. The van der Waals surface area contributed by atoms with Crippen molar-refractivity contribution in [1.82, 2.24) is 0 Å². The fourth-order valence-electron chi connectivity index (χ4n) is 3.07. The van der Waals surface area contributed by atoms with E-state index in [1.165, 1.54) is 10.1 Å². The molecule has 23 heavy (non-hydrogen) atoms. The van der Waals surface area contributed by atoms with E-state index in [1.807, 2.05) is 42.5 Å². The van der Waals surface area contributed by atoms with Gasteiger partial charge < -0.3 is 10.2 Å². The molecule has 1 aromatic heterocycles. The van der Waals surface area contributed by atoms with Crippen molar-refractivity contribution in [1.29, 1.82) is 0 Å². The van der Waals surface area contributed by atoms with E-state index in [0.717, 1.165) is 16.7 Å². The van der Waals surface area contributed by atoms with Crippen LogP contribution in [0.25, 0.3) is 11.3 Å². The summed E-state index contributed by atoms with van der Waals surface area (Å²) in [5.41, 5.74) is 2.84. The third-order valence-electron chi connectivity index (χ3n) is 4.13. The third kappa shape index (κ3) is 3.12. The minimum absolute atomic E-state index is 0.784. The summed E-state index contributed by atoms with van der Waals surface area (Å²) in [5, 5.41) is 24.0. The van der Waals surface area contributed by atoms with Crippen molar-refractivity contribution in [3.63, 3.8) is 0 Å². The van der Waals surface area contributed by atoms with Gasteiger partial charge in [-0.2, -0.15) is 0 Å². The Bertz CT molecular complexity index is 739. The van der Waals surface area contributed by atoms with Crippen LogP contribution in [0.4, 0.5) is 0 Å². The standard InChI is InChI=1S/C19H22O2SSi/c1-23(2,3)19(15-10-7-11-22-15)16-14(17(20)18(16)21)12-13-8-5-4-6-9-13/h4-12,17-18,20-21H,1-3H3/b14-12-,19-16-/t17-,18+/m1/s1. The second-order valence-electron chi connectivity index (χ2n) is 6.92. The van der Waals surface area contributed by atoms with Crippen molar-refractivity contribution in [2.45, 2.75) is 31.8 Å². The Hall–Kier alpha value is -1.46. The van der Waals surface area contributed by atoms with Crippen LogP contribution in [-0.2, 0) is 0 Å². The quantitative estimate of drug-likeness (QED) is 0.821. The Morgan fingerprint density at radius 2 is 1.70 bits per heavy atom. The van der Waals surface area contributed by atoms with Crippen molar-refractivity contribution in [2.75, 3.05) is 0 Å². The van der Waals surface area contributed by atoms with Gasteiger partial charge in [-0.25, -0.2) is 0 Å². The van der Waals surface area contributed by atoms with Crippen molar-refractivity contribution in [2.24, 2.45) is 0 Å². The predicted molar refractivity (Wildman–Crippen MR) is 101 cm³/mol. The van der Waals surface area contributed by atoms with Gasteiger partial charge in [0.15, 0.2) is 0 Å². The number of hydrogen-bond donors (Lipinski definition) is 2. The molecule has 0 amide bonds. The number of rotatable bonds is 3. The van der Waals surface area contributed by atoms with Crippen LogP contribution in [0.15, 0.2) is 59.0 Å². The van der Waals surface area contributed by atoms with Gasteiger partial charge in [0.05, 0.1) is 8.07 Å². The van der Waals surface area contributed by atoms with Gasteiger partial charge in [-0.3, -0.25) is 0 Å². The first kappa shape index (κ1) is 16.4. The van der Waals surface area contributed by atoms with Crippen LogP contribution in [0.3, 0.4) is 0 Å². The topological polar surface area (TPSA) is 40.5 Å². The summed E-state index contributed by atoms with van der Waals surface area (Å²) in [6, 6.07) is 14.1. The van der Waals surface area contributed by atoms with Crippen molar-refractivity contribution in [3.8, 4) is 0 Å². The van der Waals surface area contributed by atoms with Crippen LogP contribution < -0.4 is 0 Å². The maximum Gasteiger partial charge on any atom is 0.109 e. The fraction of sp³-hybridized carbons (Fsp3) is 0.263. The molecule has 0 spiro atoms. The highest BCUT2D eigenvalue weighted by Crippen LogP contribution is 2.44. The first-order valence-electron chi connectivity index (χ1n) is 7.81. The maximum absolute atomic E-state index is 10.4. The lowest BCUT2D eigenvalue weighted by atomic mass is 9.77. The molecule has 1 aliphatic carbocycles. The second-order valence-corrected chi connectivity index (χ2v) is 12.9. The van der Waals surface area contributed by atoms with Crippen LogP contribution in [0, 0.1) is 0 Å². The maximum atomic E-state index is 10.4. The van der Waals surface area contributed by atoms with Crippen LogP contribution in [0.1, 0.15) is 10.4 Å². The molecule has 0 saturated heterocycles. The molecule has 0 aliphatic heterocycles. The number of aliphatic hydroxyl groups excluding tert-OH is 2. The Labute approximate surface area is 142 Å². The summed E-state index contributed by atoms with van der Waals surface area (Å²) in [4.78, 5) is 1.21. The number of benzene rings is 1. The largest absolute Gasteiger partial charge is 0.385 e. The summed E-state index contributed by atoms with van der Waals surface area (Å²) in [7, 11) is -1.68. The molecule has 2 atom stereocenters.